The van der Waals surface area contributed by atoms with Gasteiger partial charge in [-0.05, 0) is 12.3 Å². The number of terminal acetylenes is 1. The molecule has 0 saturated heterocycles. The predicted octanol–water partition coefficient (Wildman–Crippen LogP) is 1.42. The second kappa shape index (κ2) is 4.40. The largest absolute Gasteiger partial charge is 0.393 e. The summed E-state index contributed by atoms with van der Waals surface area (Å²) in [7, 11) is 0. The Morgan fingerprint density at radius 3 is 2.44 bits per heavy atom. The van der Waals surface area contributed by atoms with Crippen molar-refractivity contribution in [3.05, 3.63) is 0 Å². The molecule has 0 heterocycles. The third-order valence-corrected chi connectivity index (χ3v) is 1.35. The lowest BCUT2D eigenvalue weighted by Gasteiger charge is -2.11. The van der Waals surface area contributed by atoms with Crippen LogP contribution in [0.5, 0.6) is 0 Å². The van der Waals surface area contributed by atoms with E-state index in [2.05, 4.69) is 5.92 Å². The van der Waals surface area contributed by atoms with Crippen molar-refractivity contribution in [1.82, 2.24) is 0 Å². The van der Waals surface area contributed by atoms with Gasteiger partial charge >= 0.3 is 0 Å². The van der Waals surface area contributed by atoms with E-state index in [-0.39, 0.29) is 6.10 Å². The summed E-state index contributed by atoms with van der Waals surface area (Å²) in [5, 5.41) is 9.16. The first-order valence-electron chi connectivity index (χ1n) is 3.30. The van der Waals surface area contributed by atoms with Crippen LogP contribution in [0.2, 0.25) is 0 Å². The predicted molar refractivity (Wildman–Crippen MR) is 38.9 cm³/mol. The fourth-order valence-corrected chi connectivity index (χ4v) is 0.565. The second-order valence-electron chi connectivity index (χ2n) is 2.55. The molecule has 0 aliphatic heterocycles. The van der Waals surface area contributed by atoms with E-state index in [1.807, 2.05) is 13.8 Å². The Labute approximate surface area is 57.1 Å². The zero-order valence-electron chi connectivity index (χ0n) is 6.09. The maximum absolute atomic E-state index is 9.16. The zero-order valence-corrected chi connectivity index (χ0v) is 6.09. The summed E-state index contributed by atoms with van der Waals surface area (Å²) < 4.78 is 0. The molecule has 0 aromatic heterocycles. The summed E-state index contributed by atoms with van der Waals surface area (Å²) in [6.45, 7) is 3.97. The molecule has 1 unspecified atom stereocenters. The first kappa shape index (κ1) is 8.52. The highest BCUT2D eigenvalue weighted by atomic mass is 16.3. The first-order chi connectivity index (χ1) is 4.18. The Kier molecular flexibility index (Phi) is 4.17. The van der Waals surface area contributed by atoms with Gasteiger partial charge in [0, 0.05) is 6.42 Å². The van der Waals surface area contributed by atoms with Crippen LogP contribution in [-0.4, -0.2) is 11.2 Å². The molecule has 0 amide bonds. The zero-order chi connectivity index (χ0) is 7.28. The maximum Gasteiger partial charge on any atom is 0.0572 e. The van der Waals surface area contributed by atoms with Gasteiger partial charge in [-0.25, -0.2) is 0 Å². The minimum atomic E-state index is -0.221. The van der Waals surface area contributed by atoms with Gasteiger partial charge in [0.2, 0.25) is 0 Å². The van der Waals surface area contributed by atoms with Gasteiger partial charge in [-0.3, -0.25) is 0 Å². The molecule has 0 spiro atoms. The van der Waals surface area contributed by atoms with Crippen molar-refractivity contribution in [2.45, 2.75) is 32.8 Å². The summed E-state index contributed by atoms with van der Waals surface area (Å²) in [4.78, 5) is 0. The van der Waals surface area contributed by atoms with Crippen LogP contribution >= 0.6 is 0 Å². The van der Waals surface area contributed by atoms with Crippen molar-refractivity contribution in [3.8, 4) is 12.3 Å². The van der Waals surface area contributed by atoms with Gasteiger partial charge in [-0.1, -0.05) is 13.8 Å². The minimum absolute atomic E-state index is 0.221. The van der Waals surface area contributed by atoms with E-state index in [1.165, 1.54) is 0 Å². The van der Waals surface area contributed by atoms with E-state index in [1.54, 1.807) is 0 Å². The number of hydrogen-bond donors (Lipinski definition) is 1. The van der Waals surface area contributed by atoms with E-state index in [9.17, 15) is 0 Å². The Balaban J connectivity index is 3.29. The van der Waals surface area contributed by atoms with Gasteiger partial charge in [-0.2, -0.15) is 0 Å². The Morgan fingerprint density at radius 2 is 2.11 bits per heavy atom. The van der Waals surface area contributed by atoms with Crippen LogP contribution in [0.25, 0.3) is 0 Å². The van der Waals surface area contributed by atoms with Crippen LogP contribution in [-0.2, 0) is 0 Å². The molecule has 0 radical (unpaired) electrons. The Bertz CT molecular complexity index is 99.6. The molecule has 0 aromatic carbocycles. The summed E-state index contributed by atoms with van der Waals surface area (Å²) in [6, 6.07) is 0. The minimum Gasteiger partial charge on any atom is -0.393 e. The maximum atomic E-state index is 9.16. The lowest BCUT2D eigenvalue weighted by Crippen LogP contribution is -2.13. The third kappa shape index (κ3) is 4.05. The van der Waals surface area contributed by atoms with Gasteiger partial charge < -0.3 is 5.11 Å². The summed E-state index contributed by atoms with van der Waals surface area (Å²) in [5.74, 6) is 2.83. The van der Waals surface area contributed by atoms with E-state index < -0.39 is 0 Å². The standard InChI is InChI=1S/C8H14O/c1-4-5-6-8(9)7(2)3/h1,7-9H,5-6H2,2-3H3. The summed E-state index contributed by atoms with van der Waals surface area (Å²) >= 11 is 0. The van der Waals surface area contributed by atoms with Crippen molar-refractivity contribution in [2.24, 2.45) is 5.92 Å². The summed E-state index contributed by atoms with van der Waals surface area (Å²) in [5.41, 5.74) is 0. The third-order valence-electron chi connectivity index (χ3n) is 1.35. The molecular formula is C8H14O. The fourth-order valence-electron chi connectivity index (χ4n) is 0.565. The molecule has 1 nitrogen and oxygen atoms in total. The van der Waals surface area contributed by atoms with Crippen molar-refractivity contribution in [3.63, 3.8) is 0 Å². The van der Waals surface area contributed by atoms with Crippen molar-refractivity contribution in [2.75, 3.05) is 0 Å². The van der Waals surface area contributed by atoms with Crippen LogP contribution in [0, 0.1) is 18.3 Å². The normalized spacial score (nSPS) is 13.2. The van der Waals surface area contributed by atoms with E-state index in [0.29, 0.717) is 12.3 Å². The van der Waals surface area contributed by atoms with Crippen molar-refractivity contribution < 1.29 is 5.11 Å². The molecule has 0 aliphatic carbocycles. The number of rotatable bonds is 3. The monoisotopic (exact) mass is 126 g/mol. The fraction of sp³-hybridized carbons (Fsp3) is 0.750. The molecule has 52 valence electrons. The van der Waals surface area contributed by atoms with E-state index in [4.69, 9.17) is 11.5 Å². The first-order valence-corrected chi connectivity index (χ1v) is 3.30. The van der Waals surface area contributed by atoms with Crippen molar-refractivity contribution >= 4 is 0 Å². The number of aliphatic hydroxyl groups excluding tert-OH is 1. The lowest BCUT2D eigenvalue weighted by molar-refractivity contribution is 0.118. The second-order valence-corrected chi connectivity index (χ2v) is 2.55. The molecule has 0 bridgehead atoms. The number of aliphatic hydroxyl groups is 1. The SMILES string of the molecule is C#CCCC(O)C(C)C. The molecule has 0 saturated carbocycles. The highest BCUT2D eigenvalue weighted by molar-refractivity contribution is 4.84. The molecule has 1 heteroatoms. The molecular weight excluding hydrogens is 112 g/mol. The molecule has 9 heavy (non-hydrogen) atoms. The van der Waals surface area contributed by atoms with Crippen molar-refractivity contribution in [1.29, 1.82) is 0 Å². The molecule has 1 atom stereocenters. The highest BCUT2D eigenvalue weighted by Gasteiger charge is 2.06. The smallest absolute Gasteiger partial charge is 0.0572 e. The van der Waals surface area contributed by atoms with Crippen LogP contribution in [0.15, 0.2) is 0 Å². The Morgan fingerprint density at radius 1 is 1.56 bits per heavy atom. The van der Waals surface area contributed by atoms with Gasteiger partial charge in [0.25, 0.3) is 0 Å². The van der Waals surface area contributed by atoms with Crippen LogP contribution in [0.4, 0.5) is 0 Å². The lowest BCUT2D eigenvalue weighted by atomic mass is 10.0. The number of hydrogen-bond acceptors (Lipinski definition) is 1. The van der Waals surface area contributed by atoms with Gasteiger partial charge in [-0.15, -0.1) is 12.3 Å². The van der Waals surface area contributed by atoms with Crippen LogP contribution < -0.4 is 0 Å². The van der Waals surface area contributed by atoms with Gasteiger partial charge in [0.05, 0.1) is 6.10 Å². The van der Waals surface area contributed by atoms with Crippen LogP contribution in [0.1, 0.15) is 26.7 Å². The summed E-state index contributed by atoms with van der Waals surface area (Å²) in [6.07, 6.45) is 6.20. The highest BCUT2D eigenvalue weighted by Crippen LogP contribution is 2.06. The van der Waals surface area contributed by atoms with Gasteiger partial charge in [0.1, 0.15) is 0 Å². The van der Waals surface area contributed by atoms with E-state index >= 15 is 0 Å². The molecule has 0 aliphatic rings. The molecule has 0 fully saturated rings. The molecule has 0 aromatic rings. The molecule has 0 rings (SSSR count). The molecule has 1 N–H and O–H groups in total. The van der Waals surface area contributed by atoms with Gasteiger partial charge in [0.15, 0.2) is 0 Å². The average molecular weight is 126 g/mol. The average Bonchev–Trinajstić information content (AvgIpc) is 1.82. The topological polar surface area (TPSA) is 20.2 Å². The van der Waals surface area contributed by atoms with Crippen LogP contribution in [0.3, 0.4) is 0 Å². The Hall–Kier alpha value is -0.480. The quantitative estimate of drug-likeness (QED) is 0.567. The van der Waals surface area contributed by atoms with E-state index in [0.717, 1.165) is 6.42 Å².